The molecule has 1 fully saturated rings. The first-order valence-electron chi connectivity index (χ1n) is 8.01. The van der Waals surface area contributed by atoms with Gasteiger partial charge in [0.15, 0.2) is 0 Å². The zero-order valence-electron chi connectivity index (χ0n) is 13.0. The molecule has 2 aliphatic rings. The molecule has 21 heavy (non-hydrogen) atoms. The quantitative estimate of drug-likeness (QED) is 0.906. The number of hydrogen-bond acceptors (Lipinski definition) is 3. The number of benzene rings is 1. The highest BCUT2D eigenvalue weighted by Gasteiger charge is 2.32. The van der Waals surface area contributed by atoms with Crippen LogP contribution < -0.4 is 10.6 Å². The molecule has 1 saturated heterocycles. The number of nitrogens with zero attached hydrogens (tertiary/aromatic N) is 2. The molecule has 0 bridgehead atoms. The van der Waals surface area contributed by atoms with Crippen molar-refractivity contribution in [1.29, 1.82) is 0 Å². The van der Waals surface area contributed by atoms with Gasteiger partial charge < -0.3 is 15.5 Å². The van der Waals surface area contributed by atoms with Crippen LogP contribution in [0.3, 0.4) is 0 Å². The van der Waals surface area contributed by atoms with E-state index in [1.807, 2.05) is 11.8 Å². The molecule has 2 N–H and O–H groups in total. The Morgan fingerprint density at radius 1 is 1.33 bits per heavy atom. The van der Waals surface area contributed by atoms with Crippen molar-refractivity contribution >= 4 is 11.6 Å². The molecular formula is C17H25N3O. The second kappa shape index (κ2) is 5.68. The minimum Gasteiger partial charge on any atom is -0.374 e. The minimum absolute atomic E-state index is 0.0289. The van der Waals surface area contributed by atoms with Crippen LogP contribution in [-0.4, -0.2) is 37.0 Å². The fourth-order valence-corrected chi connectivity index (χ4v) is 3.75. The Labute approximate surface area is 126 Å². The van der Waals surface area contributed by atoms with E-state index in [0.29, 0.717) is 6.42 Å². The molecule has 0 spiro atoms. The lowest BCUT2D eigenvalue weighted by Crippen LogP contribution is -2.42. The smallest absolute Gasteiger partial charge is 0.223 e. The van der Waals surface area contributed by atoms with E-state index < -0.39 is 0 Å². The molecule has 2 atom stereocenters. The Kier molecular flexibility index (Phi) is 3.89. The van der Waals surface area contributed by atoms with E-state index in [1.165, 1.54) is 16.8 Å². The molecule has 3 rings (SSSR count). The van der Waals surface area contributed by atoms with E-state index in [9.17, 15) is 4.79 Å². The van der Waals surface area contributed by atoms with E-state index >= 15 is 0 Å². The molecule has 4 nitrogen and oxygen atoms in total. The monoisotopic (exact) mass is 287 g/mol. The first-order chi connectivity index (χ1) is 10.1. The third-order valence-corrected chi connectivity index (χ3v) is 4.90. The van der Waals surface area contributed by atoms with Gasteiger partial charge in [-0.25, -0.2) is 0 Å². The van der Waals surface area contributed by atoms with Crippen molar-refractivity contribution < 1.29 is 4.79 Å². The summed E-state index contributed by atoms with van der Waals surface area (Å²) in [6.45, 7) is 3.85. The molecule has 0 aromatic heterocycles. The predicted molar refractivity (Wildman–Crippen MR) is 85.4 cm³/mol. The normalized spacial score (nSPS) is 26.0. The maximum absolute atomic E-state index is 12.3. The van der Waals surface area contributed by atoms with Gasteiger partial charge in [-0.05, 0) is 43.4 Å². The van der Waals surface area contributed by atoms with Gasteiger partial charge in [0.1, 0.15) is 0 Å². The molecule has 1 amide bonds. The van der Waals surface area contributed by atoms with Crippen LogP contribution in [0.2, 0.25) is 0 Å². The molecule has 114 valence electrons. The Balaban J connectivity index is 1.98. The van der Waals surface area contributed by atoms with Crippen LogP contribution in [0.5, 0.6) is 0 Å². The number of nitrogens with two attached hydrogens (primary N) is 1. The van der Waals surface area contributed by atoms with Crippen LogP contribution in [0.4, 0.5) is 5.69 Å². The number of anilines is 1. The molecule has 0 aliphatic carbocycles. The predicted octanol–water partition coefficient (Wildman–Crippen LogP) is 2.08. The lowest BCUT2D eigenvalue weighted by atomic mass is 9.94. The number of amides is 1. The number of likely N-dealkylation sites (N-methyl/N-ethyl adjacent to an activating group) is 2. The van der Waals surface area contributed by atoms with E-state index in [2.05, 4.69) is 30.1 Å². The molecular weight excluding hydrogens is 262 g/mol. The second-order valence-corrected chi connectivity index (χ2v) is 6.24. The van der Waals surface area contributed by atoms with Crippen molar-refractivity contribution in [2.45, 2.75) is 44.7 Å². The number of carbonyl (C=O) groups excluding carboxylic acids is 1. The molecule has 4 heteroatoms. The largest absolute Gasteiger partial charge is 0.374 e. The van der Waals surface area contributed by atoms with Gasteiger partial charge in [-0.1, -0.05) is 12.1 Å². The number of fused-ring (bicyclic) bond motifs is 1. The third-order valence-electron chi connectivity index (χ3n) is 4.90. The van der Waals surface area contributed by atoms with Crippen molar-refractivity contribution in [3.63, 3.8) is 0 Å². The summed E-state index contributed by atoms with van der Waals surface area (Å²) in [5, 5.41) is 0. The molecule has 2 aliphatic heterocycles. The molecule has 0 radical (unpaired) electrons. The highest BCUT2D eigenvalue weighted by atomic mass is 16.2. The molecule has 1 aromatic rings. The maximum atomic E-state index is 12.3. The Bertz CT molecular complexity index is 543. The van der Waals surface area contributed by atoms with Crippen LogP contribution in [0, 0.1) is 0 Å². The summed E-state index contributed by atoms with van der Waals surface area (Å²) in [6, 6.07) is 6.68. The Hall–Kier alpha value is -1.55. The minimum atomic E-state index is 0.0289. The standard InChI is InChI=1S/C17H25N3O/c1-3-20-16(21)6-4-5-14(18)17(20)13-7-8-15-12(11-13)9-10-19(15)2/h7-8,11,14,17H,3-6,9-10,18H2,1-2H3. The van der Waals surface area contributed by atoms with Crippen LogP contribution in [0.1, 0.15) is 43.4 Å². The van der Waals surface area contributed by atoms with Gasteiger partial charge in [0.25, 0.3) is 0 Å². The van der Waals surface area contributed by atoms with Crippen molar-refractivity contribution in [3.8, 4) is 0 Å². The molecule has 2 unspecified atom stereocenters. The van der Waals surface area contributed by atoms with Gasteiger partial charge in [0.05, 0.1) is 6.04 Å². The molecule has 1 aromatic carbocycles. The fraction of sp³-hybridized carbons (Fsp3) is 0.588. The summed E-state index contributed by atoms with van der Waals surface area (Å²) < 4.78 is 0. The van der Waals surface area contributed by atoms with Crippen LogP contribution in [0.15, 0.2) is 18.2 Å². The van der Waals surface area contributed by atoms with Crippen LogP contribution >= 0.6 is 0 Å². The van der Waals surface area contributed by atoms with Crippen molar-refractivity contribution in [3.05, 3.63) is 29.3 Å². The van der Waals surface area contributed by atoms with Crippen LogP contribution in [-0.2, 0) is 11.2 Å². The van der Waals surface area contributed by atoms with Crippen molar-refractivity contribution in [2.24, 2.45) is 5.73 Å². The van der Waals surface area contributed by atoms with E-state index in [1.54, 1.807) is 0 Å². The summed E-state index contributed by atoms with van der Waals surface area (Å²) in [4.78, 5) is 16.6. The first kappa shape index (κ1) is 14.4. The number of hydrogen-bond donors (Lipinski definition) is 1. The zero-order chi connectivity index (χ0) is 15.0. The highest BCUT2D eigenvalue weighted by molar-refractivity contribution is 5.77. The maximum Gasteiger partial charge on any atom is 0.223 e. The topological polar surface area (TPSA) is 49.6 Å². The first-order valence-corrected chi connectivity index (χ1v) is 8.01. The molecule has 2 heterocycles. The zero-order valence-corrected chi connectivity index (χ0v) is 13.0. The third kappa shape index (κ3) is 2.53. The van der Waals surface area contributed by atoms with Gasteiger partial charge in [-0.15, -0.1) is 0 Å². The summed E-state index contributed by atoms with van der Waals surface area (Å²) >= 11 is 0. The van der Waals surface area contributed by atoms with Gasteiger partial charge in [0, 0.05) is 38.3 Å². The Morgan fingerprint density at radius 3 is 2.90 bits per heavy atom. The lowest BCUT2D eigenvalue weighted by molar-refractivity contribution is -0.133. The Morgan fingerprint density at radius 2 is 2.14 bits per heavy atom. The lowest BCUT2D eigenvalue weighted by Gasteiger charge is -2.33. The fourth-order valence-electron chi connectivity index (χ4n) is 3.75. The van der Waals surface area contributed by atoms with E-state index in [-0.39, 0.29) is 18.0 Å². The number of carbonyl (C=O) groups is 1. The number of likely N-dealkylation sites (tertiary alicyclic amines) is 1. The van der Waals surface area contributed by atoms with Crippen molar-refractivity contribution in [2.75, 3.05) is 25.0 Å². The average Bonchev–Trinajstić information content (AvgIpc) is 2.77. The summed E-state index contributed by atoms with van der Waals surface area (Å²) in [6.07, 6.45) is 3.54. The van der Waals surface area contributed by atoms with Crippen molar-refractivity contribution in [1.82, 2.24) is 4.90 Å². The summed E-state index contributed by atoms with van der Waals surface area (Å²) in [5.74, 6) is 0.244. The second-order valence-electron chi connectivity index (χ2n) is 6.24. The van der Waals surface area contributed by atoms with E-state index in [4.69, 9.17) is 5.73 Å². The number of rotatable bonds is 2. The van der Waals surface area contributed by atoms with Gasteiger partial charge in [0.2, 0.25) is 5.91 Å². The summed E-state index contributed by atoms with van der Waals surface area (Å²) in [5.41, 5.74) is 10.3. The van der Waals surface area contributed by atoms with Gasteiger partial charge in [-0.2, -0.15) is 0 Å². The van der Waals surface area contributed by atoms with Crippen LogP contribution in [0.25, 0.3) is 0 Å². The highest BCUT2D eigenvalue weighted by Crippen LogP contribution is 2.34. The SMILES string of the molecule is CCN1C(=O)CCCC(N)C1c1ccc2c(c1)CCN2C. The van der Waals surface area contributed by atoms with Gasteiger partial charge >= 0.3 is 0 Å². The summed E-state index contributed by atoms with van der Waals surface area (Å²) in [7, 11) is 2.13. The average molecular weight is 287 g/mol. The van der Waals surface area contributed by atoms with Gasteiger partial charge in [-0.3, -0.25) is 4.79 Å². The van der Waals surface area contributed by atoms with E-state index in [0.717, 1.165) is 32.4 Å². The molecule has 0 saturated carbocycles.